The van der Waals surface area contributed by atoms with Crippen molar-refractivity contribution in [2.75, 3.05) is 26.2 Å². The van der Waals surface area contributed by atoms with Crippen LogP contribution in [-0.4, -0.2) is 40.9 Å². The van der Waals surface area contributed by atoms with E-state index in [2.05, 4.69) is 35.4 Å². The van der Waals surface area contributed by atoms with E-state index in [0.29, 0.717) is 6.04 Å². The van der Waals surface area contributed by atoms with Gasteiger partial charge in [-0.15, -0.1) is 0 Å². The van der Waals surface area contributed by atoms with Gasteiger partial charge in [-0.05, 0) is 59.3 Å². The van der Waals surface area contributed by atoms with Crippen LogP contribution in [0.15, 0.2) is 12.4 Å². The Morgan fingerprint density at radius 1 is 1.39 bits per heavy atom. The first kappa shape index (κ1) is 13.6. The lowest BCUT2D eigenvalue weighted by molar-refractivity contribution is 0.328. The van der Waals surface area contributed by atoms with Gasteiger partial charge < -0.3 is 10.2 Å². The highest BCUT2D eigenvalue weighted by molar-refractivity contribution is 5.08. The Hall–Kier alpha value is -0.870. The SMILES string of the molecule is CCn1cc(C(C)NCCCN2CCCC2)cn1. The number of likely N-dealkylation sites (tertiary alicyclic amines) is 1. The van der Waals surface area contributed by atoms with Gasteiger partial charge in [0.2, 0.25) is 0 Å². The van der Waals surface area contributed by atoms with Gasteiger partial charge in [0, 0.05) is 24.3 Å². The third-order valence-electron chi connectivity index (χ3n) is 3.78. The highest BCUT2D eigenvalue weighted by atomic mass is 15.3. The van der Waals surface area contributed by atoms with E-state index in [-0.39, 0.29) is 0 Å². The second-order valence-electron chi connectivity index (χ2n) is 5.21. The van der Waals surface area contributed by atoms with Crippen LogP contribution in [0, 0.1) is 0 Å². The van der Waals surface area contributed by atoms with Crippen LogP contribution in [0.1, 0.15) is 44.7 Å². The third kappa shape index (κ3) is 3.82. The van der Waals surface area contributed by atoms with Crippen molar-refractivity contribution in [3.8, 4) is 0 Å². The summed E-state index contributed by atoms with van der Waals surface area (Å²) in [4.78, 5) is 2.57. The van der Waals surface area contributed by atoms with Crippen LogP contribution in [0.5, 0.6) is 0 Å². The van der Waals surface area contributed by atoms with Crippen molar-refractivity contribution < 1.29 is 0 Å². The smallest absolute Gasteiger partial charge is 0.0537 e. The van der Waals surface area contributed by atoms with Gasteiger partial charge in [0.1, 0.15) is 0 Å². The van der Waals surface area contributed by atoms with E-state index in [1.807, 2.05) is 10.9 Å². The maximum Gasteiger partial charge on any atom is 0.0537 e. The molecule has 0 aliphatic carbocycles. The fraction of sp³-hybridized carbons (Fsp3) is 0.786. The minimum Gasteiger partial charge on any atom is -0.310 e. The van der Waals surface area contributed by atoms with Gasteiger partial charge in [0.05, 0.1) is 6.20 Å². The summed E-state index contributed by atoms with van der Waals surface area (Å²) in [6, 6.07) is 0.406. The first-order chi connectivity index (χ1) is 8.79. The molecule has 1 aliphatic heterocycles. The maximum absolute atomic E-state index is 4.32. The Labute approximate surface area is 110 Å². The minimum atomic E-state index is 0.406. The van der Waals surface area contributed by atoms with Crippen LogP contribution < -0.4 is 5.32 Å². The van der Waals surface area contributed by atoms with Gasteiger partial charge >= 0.3 is 0 Å². The summed E-state index contributed by atoms with van der Waals surface area (Å²) >= 11 is 0. The second-order valence-corrected chi connectivity index (χ2v) is 5.21. The normalized spacial score (nSPS) is 18.3. The number of rotatable bonds is 7. The number of hydrogen-bond acceptors (Lipinski definition) is 3. The molecule has 1 N–H and O–H groups in total. The molecule has 0 aromatic carbocycles. The zero-order valence-corrected chi connectivity index (χ0v) is 11.7. The average Bonchev–Trinajstić information content (AvgIpc) is 3.05. The van der Waals surface area contributed by atoms with Gasteiger partial charge in [0.15, 0.2) is 0 Å². The van der Waals surface area contributed by atoms with Gasteiger partial charge in [-0.2, -0.15) is 5.10 Å². The van der Waals surface area contributed by atoms with Crippen LogP contribution in [0.3, 0.4) is 0 Å². The van der Waals surface area contributed by atoms with Crippen LogP contribution in [-0.2, 0) is 6.54 Å². The lowest BCUT2D eigenvalue weighted by Crippen LogP contribution is -2.26. The van der Waals surface area contributed by atoms with Crippen molar-refractivity contribution in [2.24, 2.45) is 0 Å². The number of hydrogen-bond donors (Lipinski definition) is 1. The quantitative estimate of drug-likeness (QED) is 0.752. The molecule has 1 saturated heterocycles. The molecule has 4 heteroatoms. The molecule has 2 rings (SSSR count). The van der Waals surface area contributed by atoms with Crippen molar-refractivity contribution in [2.45, 2.75) is 45.7 Å². The molecule has 0 saturated carbocycles. The van der Waals surface area contributed by atoms with E-state index in [4.69, 9.17) is 0 Å². The summed E-state index contributed by atoms with van der Waals surface area (Å²) in [5, 5.41) is 7.90. The molecule has 1 fully saturated rings. The zero-order chi connectivity index (χ0) is 12.8. The second kappa shape index (κ2) is 6.90. The third-order valence-corrected chi connectivity index (χ3v) is 3.78. The lowest BCUT2D eigenvalue weighted by Gasteiger charge is -2.16. The molecule has 2 heterocycles. The first-order valence-corrected chi connectivity index (χ1v) is 7.27. The van der Waals surface area contributed by atoms with Crippen molar-refractivity contribution in [1.29, 1.82) is 0 Å². The number of nitrogens with zero attached hydrogens (tertiary/aromatic N) is 3. The minimum absolute atomic E-state index is 0.406. The fourth-order valence-electron chi connectivity index (χ4n) is 2.52. The van der Waals surface area contributed by atoms with Crippen LogP contribution >= 0.6 is 0 Å². The van der Waals surface area contributed by atoms with Crippen LogP contribution in [0.25, 0.3) is 0 Å². The zero-order valence-electron chi connectivity index (χ0n) is 11.7. The van der Waals surface area contributed by atoms with Crippen LogP contribution in [0.4, 0.5) is 0 Å². The molecule has 0 spiro atoms. The van der Waals surface area contributed by atoms with E-state index >= 15 is 0 Å². The molecule has 1 atom stereocenters. The van der Waals surface area contributed by atoms with E-state index in [9.17, 15) is 0 Å². The number of aromatic nitrogens is 2. The summed E-state index contributed by atoms with van der Waals surface area (Å²) < 4.78 is 1.98. The predicted molar refractivity (Wildman–Crippen MR) is 74.6 cm³/mol. The molecule has 0 amide bonds. The summed E-state index contributed by atoms with van der Waals surface area (Å²) in [7, 11) is 0. The summed E-state index contributed by atoms with van der Waals surface area (Å²) in [6.45, 7) is 10.2. The van der Waals surface area contributed by atoms with Crippen molar-refractivity contribution >= 4 is 0 Å². The van der Waals surface area contributed by atoms with Gasteiger partial charge in [-0.1, -0.05) is 0 Å². The summed E-state index contributed by atoms with van der Waals surface area (Å²) in [6.07, 6.45) is 8.13. The van der Waals surface area contributed by atoms with Crippen molar-refractivity contribution in [3.63, 3.8) is 0 Å². The van der Waals surface area contributed by atoms with Gasteiger partial charge in [0.25, 0.3) is 0 Å². The highest BCUT2D eigenvalue weighted by Gasteiger charge is 2.11. The van der Waals surface area contributed by atoms with Gasteiger partial charge in [-0.25, -0.2) is 0 Å². The molecule has 18 heavy (non-hydrogen) atoms. The molecular weight excluding hydrogens is 224 g/mol. The Morgan fingerprint density at radius 2 is 2.17 bits per heavy atom. The topological polar surface area (TPSA) is 33.1 Å². The predicted octanol–water partition coefficient (Wildman–Crippen LogP) is 2.04. The lowest BCUT2D eigenvalue weighted by atomic mass is 10.2. The number of nitrogens with one attached hydrogen (secondary N) is 1. The molecule has 1 aromatic rings. The summed E-state index contributed by atoms with van der Waals surface area (Å²) in [5.41, 5.74) is 1.29. The maximum atomic E-state index is 4.32. The van der Waals surface area contributed by atoms with Crippen molar-refractivity contribution in [1.82, 2.24) is 20.0 Å². The Morgan fingerprint density at radius 3 is 2.83 bits per heavy atom. The molecule has 0 radical (unpaired) electrons. The molecule has 1 aliphatic rings. The van der Waals surface area contributed by atoms with Crippen LogP contribution in [0.2, 0.25) is 0 Å². The first-order valence-electron chi connectivity index (χ1n) is 7.27. The van der Waals surface area contributed by atoms with Gasteiger partial charge in [-0.3, -0.25) is 4.68 Å². The van der Waals surface area contributed by atoms with E-state index < -0.39 is 0 Å². The fourth-order valence-corrected chi connectivity index (χ4v) is 2.52. The van der Waals surface area contributed by atoms with E-state index in [1.54, 1.807) is 0 Å². The highest BCUT2D eigenvalue weighted by Crippen LogP contribution is 2.11. The molecule has 1 unspecified atom stereocenters. The van der Waals surface area contributed by atoms with E-state index in [0.717, 1.165) is 13.1 Å². The number of aryl methyl sites for hydroxylation is 1. The molecular formula is C14H26N4. The molecule has 0 bridgehead atoms. The molecule has 4 nitrogen and oxygen atoms in total. The van der Waals surface area contributed by atoms with Crippen molar-refractivity contribution in [3.05, 3.63) is 18.0 Å². The Bertz CT molecular complexity index is 341. The molecule has 1 aromatic heterocycles. The Balaban J connectivity index is 1.63. The van der Waals surface area contributed by atoms with E-state index in [1.165, 1.54) is 44.5 Å². The summed E-state index contributed by atoms with van der Waals surface area (Å²) in [5.74, 6) is 0. The molecule has 102 valence electrons. The largest absolute Gasteiger partial charge is 0.310 e. The Kier molecular flexibility index (Phi) is 5.20. The standard InChI is InChI=1S/C14H26N4/c1-3-18-12-14(11-16-18)13(2)15-7-6-10-17-8-4-5-9-17/h11-13,15H,3-10H2,1-2H3. The average molecular weight is 250 g/mol. The monoisotopic (exact) mass is 250 g/mol.